The molecular formula is C28H35N5S2. The molecule has 0 aromatic heterocycles. The van der Waals surface area contributed by atoms with Crippen molar-refractivity contribution in [2.24, 2.45) is 28.5 Å². The summed E-state index contributed by atoms with van der Waals surface area (Å²) in [5.41, 5.74) is 18.3. The Labute approximate surface area is 217 Å². The van der Waals surface area contributed by atoms with Gasteiger partial charge in [0.1, 0.15) is 5.84 Å². The number of thioether (sulfide) groups is 2. The Morgan fingerprint density at radius 3 is 2.31 bits per heavy atom. The van der Waals surface area contributed by atoms with Crippen LogP contribution < -0.4 is 16.8 Å². The number of aliphatic imine (C=N–C) groups is 1. The van der Waals surface area contributed by atoms with E-state index >= 15 is 0 Å². The molecule has 5 nitrogen and oxygen atoms in total. The van der Waals surface area contributed by atoms with Crippen LogP contribution in [0.25, 0.3) is 0 Å². The molecule has 2 aliphatic heterocycles. The average Bonchev–Trinajstić information content (AvgIpc) is 3.38. The lowest BCUT2D eigenvalue weighted by atomic mass is 9.55. The summed E-state index contributed by atoms with van der Waals surface area (Å²) in [7, 11) is 0. The molecular weight excluding hydrogens is 470 g/mol. The molecule has 4 aliphatic rings. The van der Waals surface area contributed by atoms with E-state index in [0.717, 1.165) is 40.7 Å². The third kappa shape index (κ3) is 4.78. The maximum absolute atomic E-state index is 8.14. The van der Waals surface area contributed by atoms with E-state index in [9.17, 15) is 0 Å². The Bertz CT molecular complexity index is 1150. The molecule has 2 aliphatic carbocycles. The Morgan fingerprint density at radius 1 is 0.971 bits per heavy atom. The van der Waals surface area contributed by atoms with Crippen LogP contribution in [0, 0.1) is 23.2 Å². The van der Waals surface area contributed by atoms with Crippen LogP contribution in [0.15, 0.2) is 69.6 Å². The maximum Gasteiger partial charge on any atom is 0.150 e. The minimum Gasteiger partial charge on any atom is -0.398 e. The number of fused-ring (bicyclic) bond motifs is 4. The van der Waals surface area contributed by atoms with Gasteiger partial charge in [0.25, 0.3) is 0 Å². The number of hydrogen-bond acceptors (Lipinski definition) is 6. The Hall–Kier alpha value is -2.22. The highest BCUT2D eigenvalue weighted by atomic mass is 32.2. The first-order valence-electron chi connectivity index (χ1n) is 12.5. The molecule has 35 heavy (non-hydrogen) atoms. The molecule has 0 bridgehead atoms. The van der Waals surface area contributed by atoms with E-state index in [1.807, 2.05) is 30.0 Å². The van der Waals surface area contributed by atoms with E-state index < -0.39 is 0 Å². The smallest absolute Gasteiger partial charge is 0.150 e. The Morgan fingerprint density at radius 2 is 1.63 bits per heavy atom. The van der Waals surface area contributed by atoms with Crippen LogP contribution in [-0.4, -0.2) is 27.9 Å². The van der Waals surface area contributed by atoms with E-state index in [4.69, 9.17) is 16.9 Å². The van der Waals surface area contributed by atoms with Crippen molar-refractivity contribution in [1.29, 1.82) is 5.41 Å². The van der Waals surface area contributed by atoms with Gasteiger partial charge in [-0.3, -0.25) is 5.41 Å². The molecule has 6 rings (SSSR count). The number of para-hydroxylation sites is 1. The Balaban J connectivity index is 0.000000234. The molecule has 4 unspecified atom stereocenters. The molecule has 4 atom stereocenters. The number of amidine groups is 2. The van der Waals surface area contributed by atoms with Crippen LogP contribution in [0.5, 0.6) is 0 Å². The van der Waals surface area contributed by atoms with Crippen LogP contribution in [0.4, 0.5) is 5.69 Å². The van der Waals surface area contributed by atoms with Gasteiger partial charge >= 0.3 is 0 Å². The third-order valence-electron chi connectivity index (χ3n) is 7.31. The molecule has 184 valence electrons. The van der Waals surface area contributed by atoms with E-state index in [1.54, 1.807) is 0 Å². The van der Waals surface area contributed by atoms with Crippen LogP contribution in [0.1, 0.15) is 37.8 Å². The number of nitrogens with one attached hydrogen (secondary N) is 2. The van der Waals surface area contributed by atoms with Gasteiger partial charge in [-0.15, -0.1) is 11.8 Å². The normalized spacial score (nSPS) is 25.7. The molecule has 0 saturated heterocycles. The lowest BCUT2D eigenvalue weighted by molar-refractivity contribution is 0.253. The fourth-order valence-electron chi connectivity index (χ4n) is 5.48. The minimum absolute atomic E-state index is 0.397. The first kappa shape index (κ1) is 24.5. The zero-order chi connectivity index (χ0) is 24.5. The molecule has 1 fully saturated rings. The molecule has 1 saturated carbocycles. The second-order valence-electron chi connectivity index (χ2n) is 10.1. The molecule has 0 amide bonds. The molecule has 0 spiro atoms. The summed E-state index contributed by atoms with van der Waals surface area (Å²) in [6.07, 6.45) is 2.53. The van der Waals surface area contributed by atoms with Gasteiger partial charge in [0.05, 0.1) is 0 Å². The SMILES string of the molecule is CC(C)CCCSC1C(Sc2ccccc2N)C2C3=C(C(=N)N=C3N)C12.c1ccc2c(c1)CNC2. The standard InChI is InChI=1S/C20H26N4S2.C8H9N/c1-10(2)6-5-9-25-17-13-14(16-15(13)19(22)24-20(16)23)18(17)26-12-8-4-3-7-11(12)21;1-2-4-8-6-9-5-7(8)3-1/h3-4,7-8,10,13-14,17-18H,5-6,9,21H2,1-2H3,(H3,22,23,24);1-4,9H,5-6H2. The van der Waals surface area contributed by atoms with Crippen molar-refractivity contribution in [3.05, 3.63) is 70.8 Å². The van der Waals surface area contributed by atoms with Crippen molar-refractivity contribution in [1.82, 2.24) is 5.32 Å². The highest BCUT2D eigenvalue weighted by Crippen LogP contribution is 2.65. The van der Waals surface area contributed by atoms with Crippen molar-refractivity contribution < 1.29 is 0 Å². The second kappa shape index (κ2) is 10.4. The second-order valence-corrected chi connectivity index (χ2v) is 12.6. The molecule has 2 aromatic rings. The highest BCUT2D eigenvalue weighted by Gasteiger charge is 2.63. The zero-order valence-corrected chi connectivity index (χ0v) is 22.1. The van der Waals surface area contributed by atoms with Crippen molar-refractivity contribution in [2.75, 3.05) is 11.5 Å². The maximum atomic E-state index is 8.14. The van der Waals surface area contributed by atoms with Crippen LogP contribution >= 0.6 is 23.5 Å². The fourth-order valence-corrected chi connectivity index (χ4v) is 8.77. The number of nitrogens with zero attached hydrogens (tertiary/aromatic N) is 1. The molecule has 2 heterocycles. The zero-order valence-electron chi connectivity index (χ0n) is 20.5. The lowest BCUT2D eigenvalue weighted by Crippen LogP contribution is -2.61. The van der Waals surface area contributed by atoms with Gasteiger partial charge in [0, 0.05) is 57.2 Å². The topological polar surface area (TPSA) is 100 Å². The van der Waals surface area contributed by atoms with E-state index in [1.165, 1.54) is 29.7 Å². The summed E-state index contributed by atoms with van der Waals surface area (Å²) < 4.78 is 0. The summed E-state index contributed by atoms with van der Waals surface area (Å²) in [5, 5.41) is 12.4. The summed E-state index contributed by atoms with van der Waals surface area (Å²) >= 11 is 3.95. The molecule has 6 N–H and O–H groups in total. The van der Waals surface area contributed by atoms with Crippen molar-refractivity contribution in [2.45, 2.75) is 55.2 Å². The summed E-state index contributed by atoms with van der Waals surface area (Å²) in [5.74, 6) is 3.79. The van der Waals surface area contributed by atoms with Crippen molar-refractivity contribution in [3.63, 3.8) is 0 Å². The number of nitrogen functional groups attached to an aromatic ring is 1. The summed E-state index contributed by atoms with van der Waals surface area (Å²) in [4.78, 5) is 5.38. The van der Waals surface area contributed by atoms with E-state index in [0.29, 0.717) is 34.0 Å². The summed E-state index contributed by atoms with van der Waals surface area (Å²) in [6, 6.07) is 16.6. The average molecular weight is 506 g/mol. The number of hydrogen-bond donors (Lipinski definition) is 4. The predicted octanol–water partition coefficient (Wildman–Crippen LogP) is 5.46. The molecule has 7 heteroatoms. The van der Waals surface area contributed by atoms with Gasteiger partial charge in [0.15, 0.2) is 5.84 Å². The van der Waals surface area contributed by atoms with Crippen molar-refractivity contribution >= 4 is 40.9 Å². The number of nitrogens with two attached hydrogens (primary N) is 2. The first-order valence-corrected chi connectivity index (χ1v) is 14.5. The van der Waals surface area contributed by atoms with Gasteiger partial charge in [-0.2, -0.15) is 11.8 Å². The lowest BCUT2D eigenvalue weighted by Gasteiger charge is -2.58. The van der Waals surface area contributed by atoms with Gasteiger partial charge in [0.2, 0.25) is 0 Å². The van der Waals surface area contributed by atoms with Gasteiger partial charge in [-0.1, -0.05) is 56.7 Å². The molecule has 2 aromatic carbocycles. The van der Waals surface area contributed by atoms with Crippen LogP contribution in [0.3, 0.4) is 0 Å². The predicted molar refractivity (Wildman–Crippen MR) is 151 cm³/mol. The number of rotatable bonds is 7. The minimum atomic E-state index is 0.397. The highest BCUT2D eigenvalue weighted by molar-refractivity contribution is 8.04. The number of anilines is 1. The van der Waals surface area contributed by atoms with Crippen LogP contribution in [0.2, 0.25) is 0 Å². The van der Waals surface area contributed by atoms with Crippen LogP contribution in [-0.2, 0) is 13.1 Å². The van der Waals surface area contributed by atoms with Gasteiger partial charge in [-0.05, 0) is 41.4 Å². The van der Waals surface area contributed by atoms with Gasteiger partial charge < -0.3 is 16.8 Å². The van der Waals surface area contributed by atoms with E-state index in [-0.39, 0.29) is 0 Å². The fraction of sp³-hybridized carbons (Fsp3) is 0.429. The largest absolute Gasteiger partial charge is 0.398 e. The molecule has 0 radical (unpaired) electrons. The first-order chi connectivity index (χ1) is 17.0. The van der Waals surface area contributed by atoms with E-state index in [2.05, 4.69) is 66.3 Å². The Kier molecular flexibility index (Phi) is 7.28. The van der Waals surface area contributed by atoms with Crippen molar-refractivity contribution in [3.8, 4) is 0 Å². The monoisotopic (exact) mass is 505 g/mol. The van der Waals surface area contributed by atoms with Gasteiger partial charge in [-0.25, -0.2) is 4.99 Å². The quantitative estimate of drug-likeness (QED) is 0.296. The number of benzene rings is 2. The summed E-state index contributed by atoms with van der Waals surface area (Å²) in [6.45, 7) is 6.67. The third-order valence-corrected chi connectivity index (χ3v) is 10.5.